The van der Waals surface area contributed by atoms with Gasteiger partial charge in [-0.3, -0.25) is 4.79 Å². The summed E-state index contributed by atoms with van der Waals surface area (Å²) in [6.07, 6.45) is 4.99. The van der Waals surface area contributed by atoms with Crippen LogP contribution in [0.2, 0.25) is 14.4 Å². The quantitative estimate of drug-likeness (QED) is 0.210. The largest absolute Gasteiger partial charge is 0.372 e. The Kier molecular flexibility index (Phi) is 9.10. The van der Waals surface area contributed by atoms with Crippen LogP contribution in [0.5, 0.6) is 0 Å². The number of hydrogen-bond acceptors (Lipinski definition) is 4. The van der Waals surface area contributed by atoms with E-state index in [1.165, 1.54) is 16.9 Å². The van der Waals surface area contributed by atoms with Gasteiger partial charge in [0.25, 0.3) is 5.91 Å². The van der Waals surface area contributed by atoms with E-state index in [2.05, 4.69) is 24.4 Å². The van der Waals surface area contributed by atoms with E-state index >= 15 is 0 Å². The summed E-state index contributed by atoms with van der Waals surface area (Å²) in [5.74, 6) is 0.0912. The predicted octanol–water partition coefficient (Wildman–Crippen LogP) is 8.35. The molecule has 202 valence electrons. The van der Waals surface area contributed by atoms with Crippen LogP contribution in [0.15, 0.2) is 60.7 Å². The van der Waals surface area contributed by atoms with Crippen molar-refractivity contribution in [1.82, 2.24) is 15.1 Å². The third kappa shape index (κ3) is 6.59. The van der Waals surface area contributed by atoms with Crippen molar-refractivity contribution in [2.24, 2.45) is 5.92 Å². The summed E-state index contributed by atoms with van der Waals surface area (Å²) in [5, 5.41) is 8.91. The van der Waals surface area contributed by atoms with Gasteiger partial charge in [0.1, 0.15) is 0 Å². The first-order chi connectivity index (χ1) is 18.9. The van der Waals surface area contributed by atoms with Crippen molar-refractivity contribution in [3.8, 4) is 5.69 Å². The maximum absolute atomic E-state index is 13.6. The van der Waals surface area contributed by atoms with Crippen LogP contribution in [0.1, 0.15) is 52.0 Å². The number of ether oxygens (including phenoxy) is 1. The Morgan fingerprint density at radius 3 is 2.67 bits per heavy atom. The van der Waals surface area contributed by atoms with Gasteiger partial charge < -0.3 is 10.1 Å². The van der Waals surface area contributed by atoms with Crippen LogP contribution < -0.4 is 5.32 Å². The molecule has 1 aliphatic rings. The topological polar surface area (TPSA) is 56.2 Å². The highest BCUT2D eigenvalue weighted by Gasteiger charge is 2.30. The number of nitrogens with one attached hydrogen (secondary N) is 1. The molecular weight excluding hydrogens is 573 g/mol. The van der Waals surface area contributed by atoms with E-state index in [1.807, 2.05) is 42.5 Å². The molecule has 0 aliphatic carbocycles. The second kappa shape index (κ2) is 12.7. The van der Waals surface area contributed by atoms with Gasteiger partial charge in [-0.2, -0.15) is 5.10 Å². The molecule has 4 aromatic rings. The minimum atomic E-state index is -0.228. The smallest absolute Gasteiger partial charge is 0.272 e. The zero-order chi connectivity index (χ0) is 27.4. The number of halogens is 3. The van der Waals surface area contributed by atoms with Gasteiger partial charge in [-0.25, -0.2) is 4.68 Å². The molecule has 0 fully saturated rings. The maximum Gasteiger partial charge on any atom is 0.272 e. The van der Waals surface area contributed by atoms with Crippen LogP contribution in [0.25, 0.3) is 17.3 Å². The number of rotatable bonds is 9. The van der Waals surface area contributed by atoms with E-state index in [0.29, 0.717) is 44.8 Å². The van der Waals surface area contributed by atoms with Gasteiger partial charge in [0.15, 0.2) is 5.69 Å². The molecule has 1 atom stereocenters. The summed E-state index contributed by atoms with van der Waals surface area (Å²) in [6.45, 7) is 3.37. The zero-order valence-electron chi connectivity index (χ0n) is 21.4. The van der Waals surface area contributed by atoms with E-state index in [4.69, 9.17) is 44.6 Å². The summed E-state index contributed by atoms with van der Waals surface area (Å²) in [6, 6.07) is 19.4. The SMILES string of the molecule is CCCC(CNC(=O)c1nn(-c2ccc(Cl)cc2Cl)c2c1COCC2=Cc1ccc(Cl)s1)Cc1ccccc1. The molecule has 3 heterocycles. The van der Waals surface area contributed by atoms with Gasteiger partial charge in [-0.05, 0) is 60.7 Å². The Hall–Kier alpha value is -2.61. The number of aromatic nitrogens is 2. The van der Waals surface area contributed by atoms with Crippen LogP contribution in [-0.4, -0.2) is 28.8 Å². The number of amides is 1. The summed E-state index contributed by atoms with van der Waals surface area (Å²) < 4.78 is 8.37. The lowest BCUT2D eigenvalue weighted by molar-refractivity contribution is 0.0933. The molecule has 0 radical (unpaired) electrons. The first kappa shape index (κ1) is 27.9. The average Bonchev–Trinajstić information content (AvgIpc) is 3.52. The van der Waals surface area contributed by atoms with Crippen molar-refractivity contribution in [3.05, 3.63) is 102 Å². The molecule has 1 N–H and O–H groups in total. The number of carbonyl (C=O) groups is 1. The van der Waals surface area contributed by atoms with Crippen molar-refractivity contribution in [2.75, 3.05) is 13.2 Å². The van der Waals surface area contributed by atoms with E-state index in [-0.39, 0.29) is 12.5 Å². The van der Waals surface area contributed by atoms with Gasteiger partial charge in [0.2, 0.25) is 0 Å². The third-order valence-corrected chi connectivity index (χ3v) is 8.39. The van der Waals surface area contributed by atoms with E-state index in [9.17, 15) is 4.79 Å². The van der Waals surface area contributed by atoms with Crippen molar-refractivity contribution in [1.29, 1.82) is 0 Å². The molecule has 9 heteroatoms. The molecule has 0 bridgehead atoms. The Labute approximate surface area is 247 Å². The van der Waals surface area contributed by atoms with Gasteiger partial charge in [-0.15, -0.1) is 11.3 Å². The third-order valence-electron chi connectivity index (χ3n) is 6.67. The standard InChI is InChI=1S/C30H28Cl3N3O2S/c1-2-6-20(13-19-7-4-3-5-8-19)16-34-30(37)28-24-18-38-17-21(14-23-10-12-27(33)39-23)29(24)36(35-28)26-11-9-22(31)15-25(26)32/h3-5,7-12,14-15,20H,2,6,13,16-18H2,1H3,(H,34,37). The predicted molar refractivity (Wildman–Crippen MR) is 161 cm³/mol. The second-order valence-corrected chi connectivity index (χ2v) is 12.1. The van der Waals surface area contributed by atoms with E-state index in [0.717, 1.165) is 41.0 Å². The highest BCUT2D eigenvalue weighted by molar-refractivity contribution is 7.17. The van der Waals surface area contributed by atoms with Crippen LogP contribution in [-0.2, 0) is 17.8 Å². The molecule has 1 amide bonds. The van der Waals surface area contributed by atoms with Crippen molar-refractivity contribution in [2.45, 2.75) is 32.8 Å². The number of benzene rings is 2. The fourth-order valence-electron chi connectivity index (χ4n) is 4.90. The summed E-state index contributed by atoms with van der Waals surface area (Å²) in [7, 11) is 0. The Morgan fingerprint density at radius 2 is 1.95 bits per heavy atom. The van der Waals surface area contributed by atoms with Crippen LogP contribution in [0, 0.1) is 5.92 Å². The molecule has 0 saturated heterocycles. The van der Waals surface area contributed by atoms with Gasteiger partial charge >= 0.3 is 0 Å². The highest BCUT2D eigenvalue weighted by atomic mass is 35.5. The molecule has 1 aliphatic heterocycles. The fourth-order valence-corrected chi connectivity index (χ4v) is 6.42. The van der Waals surface area contributed by atoms with Gasteiger partial charge in [0.05, 0.1) is 34.0 Å². The molecule has 0 spiro atoms. The fraction of sp³-hybridized carbons (Fsp3) is 0.267. The molecular formula is C30H28Cl3N3O2S. The molecule has 0 saturated carbocycles. The van der Waals surface area contributed by atoms with Crippen molar-refractivity contribution < 1.29 is 9.53 Å². The average molecular weight is 601 g/mol. The van der Waals surface area contributed by atoms with Crippen LogP contribution in [0.4, 0.5) is 0 Å². The molecule has 5 nitrogen and oxygen atoms in total. The lowest BCUT2D eigenvalue weighted by Crippen LogP contribution is -2.31. The second-order valence-electron chi connectivity index (χ2n) is 9.54. The Bertz CT molecular complexity index is 1500. The number of hydrogen-bond donors (Lipinski definition) is 1. The maximum atomic E-state index is 13.6. The molecule has 2 aromatic heterocycles. The van der Waals surface area contributed by atoms with Gasteiger partial charge in [0, 0.05) is 27.6 Å². The first-order valence-electron chi connectivity index (χ1n) is 12.9. The summed E-state index contributed by atoms with van der Waals surface area (Å²) in [4.78, 5) is 14.6. The number of nitrogens with zero attached hydrogens (tertiary/aromatic N) is 2. The lowest BCUT2D eigenvalue weighted by Gasteiger charge is -2.19. The monoisotopic (exact) mass is 599 g/mol. The number of carbonyl (C=O) groups excluding carboxylic acids is 1. The first-order valence-corrected chi connectivity index (χ1v) is 14.8. The Balaban J connectivity index is 1.49. The molecule has 5 rings (SSSR count). The van der Waals surface area contributed by atoms with Crippen LogP contribution in [0.3, 0.4) is 0 Å². The minimum absolute atomic E-state index is 0.228. The molecule has 2 aromatic carbocycles. The van der Waals surface area contributed by atoms with Crippen LogP contribution >= 0.6 is 46.1 Å². The van der Waals surface area contributed by atoms with E-state index in [1.54, 1.807) is 16.8 Å². The zero-order valence-corrected chi connectivity index (χ0v) is 24.5. The van der Waals surface area contributed by atoms with Crippen molar-refractivity contribution in [3.63, 3.8) is 0 Å². The lowest BCUT2D eigenvalue weighted by atomic mass is 9.95. The molecule has 1 unspecified atom stereocenters. The van der Waals surface area contributed by atoms with Gasteiger partial charge in [-0.1, -0.05) is 78.5 Å². The Morgan fingerprint density at radius 1 is 1.13 bits per heavy atom. The summed E-state index contributed by atoms with van der Waals surface area (Å²) in [5.41, 5.74) is 4.66. The summed E-state index contributed by atoms with van der Waals surface area (Å²) >= 11 is 20.4. The highest BCUT2D eigenvalue weighted by Crippen LogP contribution is 2.36. The number of fused-ring (bicyclic) bond motifs is 1. The number of thiophene rings is 1. The molecule has 39 heavy (non-hydrogen) atoms. The van der Waals surface area contributed by atoms with E-state index < -0.39 is 0 Å². The van der Waals surface area contributed by atoms with Crippen molar-refractivity contribution >= 4 is 63.7 Å². The minimum Gasteiger partial charge on any atom is -0.372 e. The normalized spacial score (nSPS) is 14.8.